The number of carbonyl (C=O) groups is 2. The molecule has 3 aromatic rings. The third kappa shape index (κ3) is 8.42. The van der Waals surface area contributed by atoms with Crippen LogP contribution in [0.1, 0.15) is 84.6 Å². The van der Waals surface area contributed by atoms with E-state index in [0.29, 0.717) is 30.1 Å². The van der Waals surface area contributed by atoms with Gasteiger partial charge in [0, 0.05) is 11.5 Å². The molecular weight excluding hydrogens is 476 g/mol. The maximum Gasteiger partial charge on any atom is 0.373 e. The van der Waals surface area contributed by atoms with E-state index in [0.717, 1.165) is 36.0 Å². The van der Waals surface area contributed by atoms with Crippen LogP contribution in [-0.4, -0.2) is 25.0 Å². The lowest BCUT2D eigenvalue weighted by Crippen LogP contribution is -2.13. The Morgan fingerprint density at radius 1 is 0.868 bits per heavy atom. The summed E-state index contributed by atoms with van der Waals surface area (Å²) in [6, 6.07) is 22.2. The topological polar surface area (TPSA) is 61.8 Å². The standard InChI is InChI=1S/C33H38O5/c1-4-6-7-8-9-13-23-37-38-33(35)28-18-21-30(26-14-11-10-12-15-26)31(24-28)25(3)32(34)27-16-19-29(20-17-27)36-22-5-2/h5,10-12,14-21,24-25H,2,4,6-9,13,22-23H2,1,3H3. The molecule has 0 amide bonds. The quantitative estimate of drug-likeness (QED) is 0.0632. The number of unbranched alkanes of at least 4 members (excludes halogenated alkanes) is 5. The highest BCUT2D eigenvalue weighted by atomic mass is 17.2. The zero-order valence-corrected chi connectivity index (χ0v) is 22.5. The molecule has 0 aliphatic rings. The molecule has 0 bridgehead atoms. The first-order valence-electron chi connectivity index (χ1n) is 13.5. The van der Waals surface area contributed by atoms with Crippen LogP contribution in [0, 0.1) is 0 Å². The molecule has 5 nitrogen and oxygen atoms in total. The third-order valence-electron chi connectivity index (χ3n) is 6.45. The second-order valence-corrected chi connectivity index (χ2v) is 9.34. The van der Waals surface area contributed by atoms with E-state index in [1.165, 1.54) is 19.3 Å². The fourth-order valence-electron chi connectivity index (χ4n) is 4.27. The Kier molecular flexibility index (Phi) is 11.8. The molecule has 3 rings (SSSR count). The van der Waals surface area contributed by atoms with Gasteiger partial charge in [0.1, 0.15) is 12.4 Å². The van der Waals surface area contributed by atoms with Gasteiger partial charge in [0.05, 0.1) is 12.2 Å². The largest absolute Gasteiger partial charge is 0.490 e. The number of hydrogen-bond acceptors (Lipinski definition) is 5. The highest BCUT2D eigenvalue weighted by molar-refractivity contribution is 6.02. The van der Waals surface area contributed by atoms with Crippen molar-refractivity contribution in [1.29, 1.82) is 0 Å². The van der Waals surface area contributed by atoms with Crippen LogP contribution in [0.25, 0.3) is 11.1 Å². The Balaban J connectivity index is 1.74. The highest BCUT2D eigenvalue weighted by Crippen LogP contribution is 2.33. The number of carbonyl (C=O) groups excluding carboxylic acids is 2. The van der Waals surface area contributed by atoms with Crippen LogP contribution in [0.5, 0.6) is 5.75 Å². The molecule has 0 saturated carbocycles. The van der Waals surface area contributed by atoms with E-state index in [9.17, 15) is 9.59 Å². The number of Topliss-reactive ketones (excluding diaryl/α,β-unsaturated/α-hetero) is 1. The number of benzene rings is 3. The molecule has 0 spiro atoms. The first-order valence-corrected chi connectivity index (χ1v) is 13.5. The van der Waals surface area contributed by atoms with Gasteiger partial charge in [-0.2, -0.15) is 4.89 Å². The van der Waals surface area contributed by atoms with Gasteiger partial charge >= 0.3 is 5.97 Å². The summed E-state index contributed by atoms with van der Waals surface area (Å²) in [7, 11) is 0. The molecule has 0 heterocycles. The summed E-state index contributed by atoms with van der Waals surface area (Å²) in [6.07, 6.45) is 8.40. The molecule has 200 valence electrons. The summed E-state index contributed by atoms with van der Waals surface area (Å²) >= 11 is 0. The molecular formula is C33H38O5. The Hall–Kier alpha value is -3.70. The molecule has 5 heteroatoms. The van der Waals surface area contributed by atoms with Gasteiger partial charge in [-0.1, -0.05) is 95.0 Å². The minimum absolute atomic E-state index is 0.0534. The van der Waals surface area contributed by atoms with Crippen molar-refractivity contribution in [3.63, 3.8) is 0 Å². The number of hydrogen-bond donors (Lipinski definition) is 0. The van der Waals surface area contributed by atoms with Crippen molar-refractivity contribution in [3.05, 3.63) is 102 Å². The SMILES string of the molecule is C=CCOc1ccc(C(=O)C(C)c2cc(C(=O)OOCCCCCCCC)ccc2-c2ccccc2)cc1. The fourth-order valence-corrected chi connectivity index (χ4v) is 4.27. The van der Waals surface area contributed by atoms with Crippen molar-refractivity contribution in [2.24, 2.45) is 0 Å². The summed E-state index contributed by atoms with van der Waals surface area (Å²) < 4.78 is 5.53. The Morgan fingerprint density at radius 3 is 2.26 bits per heavy atom. The second kappa shape index (κ2) is 15.5. The first-order chi connectivity index (χ1) is 18.5. The normalized spacial score (nSPS) is 11.5. The average Bonchev–Trinajstić information content (AvgIpc) is 2.97. The summed E-state index contributed by atoms with van der Waals surface area (Å²) in [6.45, 7) is 8.46. The summed E-state index contributed by atoms with van der Waals surface area (Å²) in [5.41, 5.74) is 3.52. The van der Waals surface area contributed by atoms with Gasteiger partial charge in [0.25, 0.3) is 0 Å². The van der Waals surface area contributed by atoms with Crippen LogP contribution in [0.3, 0.4) is 0 Å². The highest BCUT2D eigenvalue weighted by Gasteiger charge is 2.23. The lowest BCUT2D eigenvalue weighted by Gasteiger charge is -2.18. The minimum Gasteiger partial charge on any atom is -0.490 e. The van der Waals surface area contributed by atoms with Crippen LogP contribution in [-0.2, 0) is 9.78 Å². The van der Waals surface area contributed by atoms with Gasteiger partial charge in [-0.15, -0.1) is 0 Å². The molecule has 0 aromatic heterocycles. The number of rotatable bonds is 16. The zero-order chi connectivity index (χ0) is 27.2. The van der Waals surface area contributed by atoms with Crippen LogP contribution >= 0.6 is 0 Å². The molecule has 0 fully saturated rings. The van der Waals surface area contributed by atoms with Gasteiger partial charge in [-0.3, -0.25) is 9.68 Å². The van der Waals surface area contributed by atoms with Gasteiger partial charge in [-0.05, 0) is 59.5 Å². The van der Waals surface area contributed by atoms with Crippen molar-refractivity contribution >= 4 is 11.8 Å². The van der Waals surface area contributed by atoms with Crippen molar-refractivity contribution in [2.45, 2.75) is 58.3 Å². The van der Waals surface area contributed by atoms with Crippen molar-refractivity contribution in [1.82, 2.24) is 0 Å². The maximum atomic E-state index is 13.5. The van der Waals surface area contributed by atoms with Gasteiger partial charge in [-0.25, -0.2) is 4.79 Å². The third-order valence-corrected chi connectivity index (χ3v) is 6.45. The lowest BCUT2D eigenvalue weighted by atomic mass is 9.85. The average molecular weight is 515 g/mol. The molecule has 0 saturated heterocycles. The fraction of sp³-hybridized carbons (Fsp3) is 0.333. The molecule has 38 heavy (non-hydrogen) atoms. The Bertz CT molecular complexity index is 1170. The van der Waals surface area contributed by atoms with Gasteiger partial charge in [0.2, 0.25) is 0 Å². The Labute approximate surface area is 226 Å². The zero-order valence-electron chi connectivity index (χ0n) is 22.5. The van der Waals surface area contributed by atoms with Crippen LogP contribution in [0.15, 0.2) is 85.5 Å². The smallest absolute Gasteiger partial charge is 0.373 e. The molecule has 0 radical (unpaired) electrons. The number of ketones is 1. The molecule has 0 N–H and O–H groups in total. The summed E-state index contributed by atoms with van der Waals surface area (Å²) in [5, 5.41) is 0. The van der Waals surface area contributed by atoms with E-state index in [-0.39, 0.29) is 5.78 Å². The van der Waals surface area contributed by atoms with Crippen molar-refractivity contribution in [2.75, 3.05) is 13.2 Å². The number of ether oxygens (including phenoxy) is 1. The summed E-state index contributed by atoms with van der Waals surface area (Å²) in [5.74, 6) is -0.450. The molecule has 0 aliphatic heterocycles. The molecule has 3 aromatic carbocycles. The van der Waals surface area contributed by atoms with E-state index in [4.69, 9.17) is 14.5 Å². The van der Waals surface area contributed by atoms with Crippen LogP contribution < -0.4 is 4.74 Å². The van der Waals surface area contributed by atoms with E-state index in [1.807, 2.05) is 43.3 Å². The molecule has 0 aliphatic carbocycles. The van der Waals surface area contributed by atoms with Gasteiger partial charge < -0.3 is 4.74 Å². The van der Waals surface area contributed by atoms with E-state index in [1.54, 1.807) is 42.5 Å². The van der Waals surface area contributed by atoms with Crippen molar-refractivity contribution in [3.8, 4) is 16.9 Å². The first kappa shape index (κ1) is 28.9. The minimum atomic E-state index is -0.569. The predicted molar refractivity (Wildman–Crippen MR) is 152 cm³/mol. The Morgan fingerprint density at radius 2 is 1.55 bits per heavy atom. The summed E-state index contributed by atoms with van der Waals surface area (Å²) in [4.78, 5) is 36.5. The van der Waals surface area contributed by atoms with Crippen LogP contribution in [0.2, 0.25) is 0 Å². The maximum absolute atomic E-state index is 13.5. The molecule has 1 unspecified atom stereocenters. The van der Waals surface area contributed by atoms with E-state index in [2.05, 4.69) is 13.5 Å². The lowest BCUT2D eigenvalue weighted by molar-refractivity contribution is -0.241. The van der Waals surface area contributed by atoms with Crippen molar-refractivity contribution < 1.29 is 24.1 Å². The molecule has 1 atom stereocenters. The van der Waals surface area contributed by atoms with E-state index >= 15 is 0 Å². The monoisotopic (exact) mass is 514 g/mol. The van der Waals surface area contributed by atoms with Gasteiger partial charge in [0.15, 0.2) is 5.78 Å². The predicted octanol–water partition coefficient (Wildman–Crippen LogP) is 8.35. The second-order valence-electron chi connectivity index (χ2n) is 9.34. The van der Waals surface area contributed by atoms with Crippen LogP contribution in [0.4, 0.5) is 0 Å². The van der Waals surface area contributed by atoms with E-state index < -0.39 is 11.9 Å².